The molecule has 1 rings (SSSR count). The van der Waals surface area contributed by atoms with Crippen molar-refractivity contribution in [3.63, 3.8) is 0 Å². The van der Waals surface area contributed by atoms with E-state index in [2.05, 4.69) is 10.3 Å². The minimum absolute atomic E-state index is 0.404. The summed E-state index contributed by atoms with van der Waals surface area (Å²) in [5, 5.41) is 15.0. The smallest absolute Gasteiger partial charge is 0.295 e. The molecule has 0 fully saturated rings. The summed E-state index contributed by atoms with van der Waals surface area (Å²) in [6.45, 7) is -0.566. The average molecular weight is 177 g/mol. The maximum Gasteiger partial charge on any atom is 0.295 e. The monoisotopic (exact) mass is 177 g/mol. The number of rotatable bonds is 3. The van der Waals surface area contributed by atoms with Crippen molar-refractivity contribution in [2.24, 2.45) is 7.05 Å². The van der Waals surface area contributed by atoms with Gasteiger partial charge in [-0.3, -0.25) is 4.68 Å². The van der Waals surface area contributed by atoms with E-state index in [0.717, 1.165) is 6.20 Å². The normalized spacial score (nSPS) is 12.0. The molecule has 4 nitrogen and oxygen atoms in total. The molecule has 1 N–H and O–H groups in total. The van der Waals surface area contributed by atoms with E-state index >= 15 is 0 Å². The lowest BCUT2D eigenvalue weighted by atomic mass is 10.2. The number of nitrogens with zero attached hydrogens (tertiary/aromatic N) is 3. The van der Waals surface area contributed by atoms with Gasteiger partial charge in [-0.05, 0) is 0 Å². The zero-order chi connectivity index (χ0) is 9.19. The Bertz CT molecular complexity index is 261. The van der Waals surface area contributed by atoms with Gasteiger partial charge in [0.2, 0.25) is 0 Å². The summed E-state index contributed by atoms with van der Waals surface area (Å²) in [5.41, 5.74) is -0.404. The minimum atomic E-state index is -3.08. The van der Waals surface area contributed by atoms with Gasteiger partial charge in [-0.25, -0.2) is 0 Å². The van der Waals surface area contributed by atoms with E-state index < -0.39 is 24.6 Å². The molecule has 0 bridgehead atoms. The highest BCUT2D eigenvalue weighted by molar-refractivity contribution is 5.01. The fourth-order valence-corrected chi connectivity index (χ4v) is 0.783. The molecule has 0 amide bonds. The summed E-state index contributed by atoms with van der Waals surface area (Å²) in [6.07, 6.45) is 0.515. The molecule has 68 valence electrons. The van der Waals surface area contributed by atoms with E-state index in [-0.39, 0.29) is 0 Å². The molecular formula is C6H9F2N3O. The van der Waals surface area contributed by atoms with Gasteiger partial charge in [0.25, 0.3) is 5.92 Å². The molecule has 0 saturated heterocycles. The number of aliphatic hydroxyl groups excluding tert-OH is 1. The molecule has 0 atom stereocenters. The predicted octanol–water partition coefficient (Wildman–Crippen LogP) is 0.289. The van der Waals surface area contributed by atoms with Crippen molar-refractivity contribution in [1.29, 1.82) is 0 Å². The maximum atomic E-state index is 12.9. The first kappa shape index (κ1) is 9.05. The van der Waals surface area contributed by atoms with Crippen molar-refractivity contribution in [2.45, 2.75) is 12.3 Å². The van der Waals surface area contributed by atoms with Crippen LogP contribution in [0.2, 0.25) is 0 Å². The van der Waals surface area contributed by atoms with E-state index in [1.54, 1.807) is 0 Å². The van der Waals surface area contributed by atoms with Crippen LogP contribution < -0.4 is 0 Å². The minimum Gasteiger partial charge on any atom is -0.396 e. The van der Waals surface area contributed by atoms with Gasteiger partial charge < -0.3 is 5.11 Å². The van der Waals surface area contributed by atoms with Crippen molar-refractivity contribution in [2.75, 3.05) is 6.61 Å². The number of alkyl halides is 2. The van der Waals surface area contributed by atoms with Crippen molar-refractivity contribution in [1.82, 2.24) is 15.0 Å². The number of aryl methyl sites for hydroxylation is 1. The molecule has 12 heavy (non-hydrogen) atoms. The Balaban J connectivity index is 2.81. The molecule has 0 aliphatic rings. The van der Waals surface area contributed by atoms with Gasteiger partial charge in [0.15, 0.2) is 5.69 Å². The first-order valence-electron chi connectivity index (χ1n) is 3.42. The standard InChI is InChI=1S/C6H9F2N3O/c1-11-4-5(9-10-11)6(7,8)2-3-12/h4,12H,2-3H2,1H3. The van der Waals surface area contributed by atoms with Gasteiger partial charge >= 0.3 is 0 Å². The molecule has 0 spiro atoms. The number of halogens is 2. The van der Waals surface area contributed by atoms with E-state index in [0.29, 0.717) is 0 Å². The predicted molar refractivity (Wildman–Crippen MR) is 36.6 cm³/mol. The van der Waals surface area contributed by atoms with Crippen LogP contribution in [0, 0.1) is 0 Å². The molecule has 0 aliphatic carbocycles. The van der Waals surface area contributed by atoms with Crippen LogP contribution in [0.15, 0.2) is 6.20 Å². The summed E-state index contributed by atoms with van der Waals surface area (Å²) in [7, 11) is 1.51. The fourth-order valence-electron chi connectivity index (χ4n) is 0.783. The molecule has 6 heteroatoms. The Morgan fingerprint density at radius 1 is 1.67 bits per heavy atom. The molecule has 0 aliphatic heterocycles. The largest absolute Gasteiger partial charge is 0.396 e. The summed E-state index contributed by atoms with van der Waals surface area (Å²) >= 11 is 0. The van der Waals surface area contributed by atoms with E-state index in [9.17, 15) is 8.78 Å². The molecule has 0 aromatic carbocycles. The third-order valence-electron chi connectivity index (χ3n) is 1.40. The highest BCUT2D eigenvalue weighted by atomic mass is 19.3. The molecule has 1 aromatic rings. The van der Waals surface area contributed by atoms with E-state index in [4.69, 9.17) is 5.11 Å². The zero-order valence-electron chi connectivity index (χ0n) is 6.54. The SMILES string of the molecule is Cn1cc(C(F)(F)CCO)nn1. The van der Waals surface area contributed by atoms with Gasteiger partial charge in [0, 0.05) is 20.1 Å². The van der Waals surface area contributed by atoms with Crippen LogP contribution >= 0.6 is 0 Å². The maximum absolute atomic E-state index is 12.9. The van der Waals surface area contributed by atoms with Crippen LogP contribution in [0.5, 0.6) is 0 Å². The van der Waals surface area contributed by atoms with Crippen LogP contribution in [0.3, 0.4) is 0 Å². The topological polar surface area (TPSA) is 50.9 Å². The Morgan fingerprint density at radius 2 is 2.33 bits per heavy atom. The van der Waals surface area contributed by atoms with Gasteiger partial charge in [0.1, 0.15) is 0 Å². The summed E-state index contributed by atoms with van der Waals surface area (Å²) in [4.78, 5) is 0. The lowest BCUT2D eigenvalue weighted by Crippen LogP contribution is -2.15. The van der Waals surface area contributed by atoms with Crippen molar-refractivity contribution in [3.8, 4) is 0 Å². The Hall–Kier alpha value is -1.04. The first-order valence-corrected chi connectivity index (χ1v) is 3.42. The van der Waals surface area contributed by atoms with Crippen molar-refractivity contribution < 1.29 is 13.9 Å². The second-order valence-electron chi connectivity index (χ2n) is 2.46. The first-order chi connectivity index (χ1) is 5.56. The van der Waals surface area contributed by atoms with Crippen LogP contribution in [-0.2, 0) is 13.0 Å². The number of aliphatic hydroxyl groups is 1. The molecule has 0 saturated carbocycles. The second kappa shape index (κ2) is 3.14. The zero-order valence-corrected chi connectivity index (χ0v) is 6.54. The Kier molecular flexibility index (Phi) is 2.37. The van der Waals surface area contributed by atoms with Gasteiger partial charge in [0.05, 0.1) is 6.20 Å². The molecule has 0 radical (unpaired) electrons. The molecular weight excluding hydrogens is 168 g/mol. The average Bonchev–Trinajstić information content (AvgIpc) is 2.36. The van der Waals surface area contributed by atoms with Crippen molar-refractivity contribution in [3.05, 3.63) is 11.9 Å². The van der Waals surface area contributed by atoms with Gasteiger partial charge in [-0.15, -0.1) is 5.10 Å². The van der Waals surface area contributed by atoms with Crippen LogP contribution in [0.1, 0.15) is 12.1 Å². The van der Waals surface area contributed by atoms with Crippen LogP contribution in [0.4, 0.5) is 8.78 Å². The van der Waals surface area contributed by atoms with Crippen molar-refractivity contribution >= 4 is 0 Å². The highest BCUT2D eigenvalue weighted by Crippen LogP contribution is 2.28. The van der Waals surface area contributed by atoms with Crippen LogP contribution in [0.25, 0.3) is 0 Å². The van der Waals surface area contributed by atoms with Gasteiger partial charge in [-0.2, -0.15) is 8.78 Å². The molecule has 1 aromatic heterocycles. The summed E-state index contributed by atoms with van der Waals surface area (Å²) in [6, 6.07) is 0. The molecule has 0 unspecified atom stereocenters. The highest BCUT2D eigenvalue weighted by Gasteiger charge is 2.33. The number of hydrogen-bond acceptors (Lipinski definition) is 3. The summed E-state index contributed by atoms with van der Waals surface area (Å²) in [5.74, 6) is -3.08. The Morgan fingerprint density at radius 3 is 2.75 bits per heavy atom. The third-order valence-corrected chi connectivity index (χ3v) is 1.40. The fraction of sp³-hybridized carbons (Fsp3) is 0.667. The lowest BCUT2D eigenvalue weighted by molar-refractivity contribution is -0.0311. The molecule has 1 heterocycles. The lowest BCUT2D eigenvalue weighted by Gasteiger charge is -2.09. The quantitative estimate of drug-likeness (QED) is 0.721. The Labute approximate surface area is 67.8 Å². The second-order valence-corrected chi connectivity index (χ2v) is 2.46. The van der Waals surface area contributed by atoms with E-state index in [1.165, 1.54) is 11.7 Å². The van der Waals surface area contributed by atoms with Crippen LogP contribution in [-0.4, -0.2) is 26.7 Å². The van der Waals surface area contributed by atoms with Gasteiger partial charge in [-0.1, -0.05) is 5.21 Å². The van der Waals surface area contributed by atoms with E-state index in [1.807, 2.05) is 0 Å². The third kappa shape index (κ3) is 1.76. The summed E-state index contributed by atoms with van der Waals surface area (Å²) < 4.78 is 27.0. The number of hydrogen-bond donors (Lipinski definition) is 1. The number of aromatic nitrogens is 3.